The number of carbonyl (C=O) groups excluding carboxylic acids is 1. The minimum Gasteiger partial charge on any atom is -0.460 e. The lowest BCUT2D eigenvalue weighted by Crippen LogP contribution is -2.29. The summed E-state index contributed by atoms with van der Waals surface area (Å²) in [7, 11) is 1.60. The Morgan fingerprint density at radius 1 is 1.33 bits per heavy atom. The largest absolute Gasteiger partial charge is 0.460 e. The van der Waals surface area contributed by atoms with E-state index in [1.165, 1.54) is 0 Å². The summed E-state index contributed by atoms with van der Waals surface area (Å²) < 4.78 is 15.1. The first kappa shape index (κ1) is 14.4. The second-order valence-electron chi connectivity index (χ2n) is 4.30. The Bertz CT molecular complexity index is 184. The fourth-order valence-corrected chi connectivity index (χ4v) is 0.821. The molecular weight excluding hydrogens is 196 g/mol. The smallest absolute Gasteiger partial charge is 0.311 e. The third-order valence-electron chi connectivity index (χ3n) is 1.49. The second-order valence-corrected chi connectivity index (χ2v) is 4.30. The molecule has 0 aliphatic carbocycles. The summed E-state index contributed by atoms with van der Waals surface area (Å²) in [6, 6.07) is 0. The van der Waals surface area contributed by atoms with Crippen LogP contribution in [0.1, 0.15) is 20.8 Å². The Balaban J connectivity index is 3.70. The molecule has 0 rings (SSSR count). The first-order valence-electron chi connectivity index (χ1n) is 4.99. The molecule has 0 N–H and O–H groups in total. The molecule has 0 bridgehead atoms. The molecule has 15 heavy (non-hydrogen) atoms. The SMILES string of the molecule is [CH2]C(COCCOC)C(=O)OC(C)(C)C. The topological polar surface area (TPSA) is 44.8 Å². The highest BCUT2D eigenvalue weighted by Crippen LogP contribution is 2.11. The Morgan fingerprint density at radius 2 is 1.93 bits per heavy atom. The molecule has 0 aromatic rings. The van der Waals surface area contributed by atoms with E-state index in [0.29, 0.717) is 13.2 Å². The van der Waals surface area contributed by atoms with E-state index in [9.17, 15) is 4.79 Å². The van der Waals surface area contributed by atoms with E-state index in [1.807, 2.05) is 20.8 Å². The lowest BCUT2D eigenvalue weighted by atomic mass is 10.1. The van der Waals surface area contributed by atoms with Gasteiger partial charge >= 0.3 is 5.97 Å². The average Bonchev–Trinajstić information content (AvgIpc) is 2.09. The molecule has 0 spiro atoms. The lowest BCUT2D eigenvalue weighted by Gasteiger charge is -2.22. The highest BCUT2D eigenvalue weighted by atomic mass is 16.6. The number of hydrogen-bond donors (Lipinski definition) is 0. The van der Waals surface area contributed by atoms with Crippen LogP contribution in [0.25, 0.3) is 0 Å². The summed E-state index contributed by atoms with van der Waals surface area (Å²) in [6.45, 7) is 10.4. The number of hydrogen-bond acceptors (Lipinski definition) is 4. The molecule has 89 valence electrons. The zero-order valence-corrected chi connectivity index (χ0v) is 10.0. The van der Waals surface area contributed by atoms with Crippen molar-refractivity contribution in [2.24, 2.45) is 5.92 Å². The van der Waals surface area contributed by atoms with E-state index >= 15 is 0 Å². The maximum atomic E-state index is 11.4. The third-order valence-corrected chi connectivity index (χ3v) is 1.49. The van der Waals surface area contributed by atoms with Gasteiger partial charge < -0.3 is 14.2 Å². The Kier molecular flexibility index (Phi) is 6.52. The van der Waals surface area contributed by atoms with E-state index in [2.05, 4.69) is 6.92 Å². The molecule has 0 heterocycles. The van der Waals surface area contributed by atoms with Gasteiger partial charge in [-0.2, -0.15) is 0 Å². The highest BCUT2D eigenvalue weighted by Gasteiger charge is 2.21. The zero-order chi connectivity index (χ0) is 11.9. The minimum atomic E-state index is -0.485. The van der Waals surface area contributed by atoms with Gasteiger partial charge in [0, 0.05) is 7.11 Å². The standard InChI is InChI=1S/C11H21O4/c1-9(8-14-7-6-13-5)10(12)15-11(2,3)4/h9H,1,6-8H2,2-5H3. The van der Waals surface area contributed by atoms with Crippen molar-refractivity contribution in [2.75, 3.05) is 26.9 Å². The van der Waals surface area contributed by atoms with Crippen molar-refractivity contribution in [1.29, 1.82) is 0 Å². The Labute approximate surface area is 91.9 Å². The molecule has 1 radical (unpaired) electrons. The first-order valence-corrected chi connectivity index (χ1v) is 4.99. The summed E-state index contributed by atoms with van der Waals surface area (Å²) in [5.74, 6) is -0.819. The van der Waals surface area contributed by atoms with Gasteiger partial charge in [-0.1, -0.05) is 0 Å². The number of methoxy groups -OCH3 is 1. The fourth-order valence-electron chi connectivity index (χ4n) is 0.821. The van der Waals surface area contributed by atoms with Crippen molar-refractivity contribution in [3.05, 3.63) is 6.92 Å². The Hall–Kier alpha value is -0.610. The Morgan fingerprint density at radius 3 is 2.40 bits per heavy atom. The third kappa shape index (κ3) is 8.39. The molecule has 0 saturated heterocycles. The van der Waals surface area contributed by atoms with Crippen molar-refractivity contribution < 1.29 is 19.0 Å². The summed E-state index contributed by atoms with van der Waals surface area (Å²) in [5.41, 5.74) is -0.473. The van der Waals surface area contributed by atoms with Gasteiger partial charge in [0.05, 0.1) is 25.7 Å². The summed E-state index contributed by atoms with van der Waals surface area (Å²) in [6.07, 6.45) is 0. The average molecular weight is 217 g/mol. The van der Waals surface area contributed by atoms with Crippen molar-refractivity contribution in [3.8, 4) is 0 Å². The van der Waals surface area contributed by atoms with E-state index in [0.717, 1.165) is 0 Å². The molecule has 0 fully saturated rings. The quantitative estimate of drug-likeness (QED) is 0.499. The predicted molar refractivity (Wildman–Crippen MR) is 57.4 cm³/mol. The van der Waals surface area contributed by atoms with Crippen LogP contribution in [0.15, 0.2) is 0 Å². The van der Waals surface area contributed by atoms with Gasteiger partial charge in [0.15, 0.2) is 0 Å². The van der Waals surface area contributed by atoms with Crippen LogP contribution >= 0.6 is 0 Å². The van der Waals surface area contributed by atoms with Crippen LogP contribution in [0, 0.1) is 12.8 Å². The predicted octanol–water partition coefficient (Wildman–Crippen LogP) is 1.44. The molecule has 0 aromatic heterocycles. The number of carbonyl (C=O) groups is 1. The minimum absolute atomic E-state index is 0.262. The first-order chi connectivity index (χ1) is 6.87. The van der Waals surface area contributed by atoms with Gasteiger partial charge in [-0.25, -0.2) is 0 Å². The van der Waals surface area contributed by atoms with Gasteiger partial charge in [-0.05, 0) is 27.7 Å². The van der Waals surface area contributed by atoms with Crippen molar-refractivity contribution in [2.45, 2.75) is 26.4 Å². The van der Waals surface area contributed by atoms with Gasteiger partial charge in [-0.15, -0.1) is 0 Å². The molecule has 0 saturated carbocycles. The van der Waals surface area contributed by atoms with Crippen LogP contribution in [0.3, 0.4) is 0 Å². The summed E-state index contributed by atoms with van der Waals surface area (Å²) >= 11 is 0. The normalized spacial score (nSPS) is 13.7. The number of esters is 1. The zero-order valence-electron chi connectivity index (χ0n) is 10.0. The monoisotopic (exact) mass is 217 g/mol. The summed E-state index contributed by atoms with van der Waals surface area (Å²) in [4.78, 5) is 11.4. The van der Waals surface area contributed by atoms with Crippen molar-refractivity contribution in [1.82, 2.24) is 0 Å². The number of rotatable bonds is 6. The van der Waals surface area contributed by atoms with Crippen molar-refractivity contribution >= 4 is 5.97 Å². The maximum Gasteiger partial charge on any atom is 0.311 e. The van der Waals surface area contributed by atoms with E-state index < -0.39 is 11.5 Å². The second kappa shape index (κ2) is 6.80. The molecule has 0 amide bonds. The van der Waals surface area contributed by atoms with Gasteiger partial charge in [0.1, 0.15) is 5.60 Å². The molecule has 0 aromatic carbocycles. The molecule has 1 atom stereocenters. The summed E-state index contributed by atoms with van der Waals surface area (Å²) in [5, 5.41) is 0. The van der Waals surface area contributed by atoms with Gasteiger partial charge in [0.2, 0.25) is 0 Å². The molecular formula is C11H21O4. The molecule has 1 unspecified atom stereocenters. The molecule has 4 heteroatoms. The molecule has 4 nitrogen and oxygen atoms in total. The molecule has 0 aliphatic heterocycles. The van der Waals surface area contributed by atoms with Crippen molar-refractivity contribution in [3.63, 3.8) is 0 Å². The van der Waals surface area contributed by atoms with E-state index in [-0.39, 0.29) is 12.6 Å². The molecule has 0 aliphatic rings. The van der Waals surface area contributed by atoms with Crippen LogP contribution in [-0.2, 0) is 19.0 Å². The van der Waals surface area contributed by atoms with Gasteiger partial charge in [0.25, 0.3) is 0 Å². The van der Waals surface area contributed by atoms with Gasteiger partial charge in [-0.3, -0.25) is 4.79 Å². The number of ether oxygens (including phenoxy) is 3. The van der Waals surface area contributed by atoms with E-state index in [4.69, 9.17) is 14.2 Å². The van der Waals surface area contributed by atoms with Crippen LogP contribution < -0.4 is 0 Å². The van der Waals surface area contributed by atoms with Crippen LogP contribution in [0.5, 0.6) is 0 Å². The van der Waals surface area contributed by atoms with Crippen LogP contribution in [0.4, 0.5) is 0 Å². The van der Waals surface area contributed by atoms with E-state index in [1.54, 1.807) is 7.11 Å². The fraction of sp³-hybridized carbons (Fsp3) is 0.818. The maximum absolute atomic E-state index is 11.4. The van der Waals surface area contributed by atoms with Crippen LogP contribution in [-0.4, -0.2) is 38.5 Å². The van der Waals surface area contributed by atoms with Crippen LogP contribution in [0.2, 0.25) is 0 Å². The highest BCUT2D eigenvalue weighted by molar-refractivity contribution is 5.73. The lowest BCUT2D eigenvalue weighted by molar-refractivity contribution is -0.160.